The number of hydrogen-bond donors (Lipinski definition) is 1. The average Bonchev–Trinajstić information content (AvgIpc) is 3.00. The third kappa shape index (κ3) is 2.30. The molecule has 1 spiro atoms. The number of imide groups is 2. The maximum atomic E-state index is 13.1. The normalized spacial score (nSPS) is 25.2. The molecule has 0 bridgehead atoms. The highest BCUT2D eigenvalue weighted by Gasteiger charge is 2.67. The van der Waals surface area contributed by atoms with Gasteiger partial charge in [-0.2, -0.15) is 0 Å². The van der Waals surface area contributed by atoms with Crippen molar-refractivity contribution in [1.29, 1.82) is 0 Å². The lowest BCUT2D eigenvalue weighted by atomic mass is 9.73. The predicted octanol–water partition coefficient (Wildman–Crippen LogP) is 0.889. The third-order valence-electron chi connectivity index (χ3n) is 4.97. The van der Waals surface area contributed by atoms with Crippen LogP contribution >= 0.6 is 11.8 Å². The van der Waals surface area contributed by atoms with E-state index in [2.05, 4.69) is 0 Å². The van der Waals surface area contributed by atoms with Crippen LogP contribution in [0.2, 0.25) is 0 Å². The number of rotatable bonds is 3. The molecule has 2 heterocycles. The fraction of sp³-hybridized carbons (Fsp3) is 0.471. The number of carbonyl (C=O) groups excluding carboxylic acids is 3. The van der Waals surface area contributed by atoms with E-state index in [4.69, 9.17) is 9.47 Å². The Bertz CT molecular complexity index is 759. The maximum Gasteiger partial charge on any atom is 0.332 e. The van der Waals surface area contributed by atoms with E-state index in [0.717, 1.165) is 9.80 Å². The molecule has 2 aliphatic rings. The summed E-state index contributed by atoms with van der Waals surface area (Å²) in [6, 6.07) is 4.36. The third-order valence-corrected chi connectivity index (χ3v) is 6.44. The number of amides is 4. The van der Waals surface area contributed by atoms with Crippen LogP contribution in [0.3, 0.4) is 0 Å². The smallest absolute Gasteiger partial charge is 0.332 e. The van der Waals surface area contributed by atoms with Gasteiger partial charge in [-0.3, -0.25) is 19.4 Å². The van der Waals surface area contributed by atoms with Gasteiger partial charge in [0.25, 0.3) is 0 Å². The van der Waals surface area contributed by atoms with Crippen molar-refractivity contribution in [3.05, 3.63) is 23.8 Å². The molecule has 140 valence electrons. The molecule has 9 heteroatoms. The van der Waals surface area contributed by atoms with Crippen molar-refractivity contribution in [1.82, 2.24) is 9.80 Å². The van der Waals surface area contributed by atoms with Crippen molar-refractivity contribution in [2.24, 2.45) is 5.41 Å². The Kier molecular flexibility index (Phi) is 4.61. The minimum absolute atomic E-state index is 0.188. The quantitative estimate of drug-likeness (QED) is 0.778. The number of aliphatic hydroxyl groups is 1. The Morgan fingerprint density at radius 1 is 1.12 bits per heavy atom. The number of nitrogens with zero attached hydrogens (tertiary/aromatic N) is 2. The monoisotopic (exact) mass is 380 g/mol. The molecule has 3 rings (SSSR count). The van der Waals surface area contributed by atoms with Crippen LogP contribution in [-0.4, -0.2) is 72.9 Å². The van der Waals surface area contributed by atoms with Crippen LogP contribution in [0.5, 0.6) is 11.5 Å². The largest absolute Gasteiger partial charge is 0.497 e. The second-order valence-electron chi connectivity index (χ2n) is 6.22. The first-order valence-electron chi connectivity index (χ1n) is 7.92. The van der Waals surface area contributed by atoms with Crippen LogP contribution in [0.1, 0.15) is 10.8 Å². The number of hydrogen-bond acceptors (Lipinski definition) is 7. The van der Waals surface area contributed by atoms with Gasteiger partial charge in [0.15, 0.2) is 5.41 Å². The highest BCUT2D eigenvalue weighted by Crippen LogP contribution is 2.58. The van der Waals surface area contributed by atoms with Crippen molar-refractivity contribution >= 4 is 29.6 Å². The molecule has 0 aromatic heterocycles. The zero-order chi connectivity index (χ0) is 19.2. The summed E-state index contributed by atoms with van der Waals surface area (Å²) in [4.78, 5) is 40.0. The number of benzene rings is 1. The molecule has 2 aliphatic heterocycles. The number of carbonyl (C=O) groups is 3. The zero-order valence-electron chi connectivity index (χ0n) is 14.9. The van der Waals surface area contributed by atoms with Gasteiger partial charge < -0.3 is 14.6 Å². The summed E-state index contributed by atoms with van der Waals surface area (Å²) in [7, 11) is 5.63. The molecule has 0 radical (unpaired) electrons. The standard InChI is InChI=1S/C17H20N2O6S/c1-18-14(21)17(15(22)19(2)16(18)23)12(20)8-26-13(17)10-6-5-9(24-3)7-11(10)25-4/h5-7,12-13,20H,8H2,1-4H3. The average molecular weight is 380 g/mol. The highest BCUT2D eigenvalue weighted by atomic mass is 32.2. The molecule has 1 aromatic carbocycles. The number of aliphatic hydroxyl groups excluding tert-OH is 1. The molecule has 2 unspecified atom stereocenters. The second-order valence-corrected chi connectivity index (χ2v) is 7.36. The first-order valence-corrected chi connectivity index (χ1v) is 8.97. The van der Waals surface area contributed by atoms with E-state index in [9.17, 15) is 19.5 Å². The molecule has 2 atom stereocenters. The minimum atomic E-state index is -1.77. The van der Waals surface area contributed by atoms with Gasteiger partial charge in [0.1, 0.15) is 11.5 Å². The number of thioether (sulfide) groups is 1. The maximum absolute atomic E-state index is 13.1. The summed E-state index contributed by atoms with van der Waals surface area (Å²) in [5.74, 6) is -0.211. The molecule has 1 aromatic rings. The molecule has 0 aliphatic carbocycles. The van der Waals surface area contributed by atoms with Crippen LogP contribution in [0, 0.1) is 5.41 Å². The Hall–Kier alpha value is -2.26. The van der Waals surface area contributed by atoms with Gasteiger partial charge in [0, 0.05) is 31.5 Å². The Labute approximate surface area is 155 Å². The minimum Gasteiger partial charge on any atom is -0.497 e. The summed E-state index contributed by atoms with van der Waals surface area (Å²) >= 11 is 1.29. The van der Waals surface area contributed by atoms with E-state index < -0.39 is 34.6 Å². The van der Waals surface area contributed by atoms with Crippen molar-refractivity contribution in [3.8, 4) is 11.5 Å². The zero-order valence-corrected chi connectivity index (χ0v) is 15.7. The predicted molar refractivity (Wildman–Crippen MR) is 94.1 cm³/mol. The van der Waals surface area contributed by atoms with Gasteiger partial charge in [-0.15, -0.1) is 11.8 Å². The SMILES string of the molecule is COc1ccc(C2SCC(O)C23C(=O)N(C)C(=O)N(C)C3=O)c(OC)c1. The van der Waals surface area contributed by atoms with E-state index in [-0.39, 0.29) is 5.75 Å². The van der Waals surface area contributed by atoms with Crippen LogP contribution in [0.4, 0.5) is 4.79 Å². The first kappa shape index (κ1) is 18.5. The molecular weight excluding hydrogens is 360 g/mol. The summed E-state index contributed by atoms with van der Waals surface area (Å²) in [5.41, 5.74) is -1.18. The van der Waals surface area contributed by atoms with Gasteiger partial charge in [-0.1, -0.05) is 6.07 Å². The lowest BCUT2D eigenvalue weighted by molar-refractivity contribution is -0.163. The number of methoxy groups -OCH3 is 2. The van der Waals surface area contributed by atoms with E-state index >= 15 is 0 Å². The number of ether oxygens (including phenoxy) is 2. The van der Waals surface area contributed by atoms with E-state index in [1.165, 1.54) is 40.1 Å². The molecule has 26 heavy (non-hydrogen) atoms. The molecule has 1 N–H and O–H groups in total. The van der Waals surface area contributed by atoms with Crippen molar-refractivity contribution in [2.75, 3.05) is 34.1 Å². The number of urea groups is 1. The van der Waals surface area contributed by atoms with Crippen molar-refractivity contribution in [3.63, 3.8) is 0 Å². The van der Waals surface area contributed by atoms with Gasteiger partial charge in [-0.05, 0) is 6.07 Å². The molecule has 4 amide bonds. The van der Waals surface area contributed by atoms with Gasteiger partial charge in [0.05, 0.1) is 25.6 Å². The molecular formula is C17H20N2O6S. The van der Waals surface area contributed by atoms with Crippen LogP contribution < -0.4 is 9.47 Å². The Balaban J connectivity index is 2.18. The highest BCUT2D eigenvalue weighted by molar-refractivity contribution is 8.00. The van der Waals surface area contributed by atoms with E-state index in [1.807, 2.05) is 0 Å². The van der Waals surface area contributed by atoms with E-state index in [0.29, 0.717) is 17.1 Å². The second kappa shape index (κ2) is 6.48. The van der Waals surface area contributed by atoms with Crippen LogP contribution in [0.25, 0.3) is 0 Å². The van der Waals surface area contributed by atoms with Gasteiger partial charge in [-0.25, -0.2) is 4.79 Å². The fourth-order valence-electron chi connectivity index (χ4n) is 3.55. The fourth-order valence-corrected chi connectivity index (χ4v) is 5.18. The lowest BCUT2D eigenvalue weighted by Crippen LogP contribution is -2.67. The summed E-state index contributed by atoms with van der Waals surface area (Å²) in [5, 5.41) is 9.97. The summed E-state index contributed by atoms with van der Waals surface area (Å²) in [6.45, 7) is 0. The van der Waals surface area contributed by atoms with Gasteiger partial charge >= 0.3 is 6.03 Å². The first-order chi connectivity index (χ1) is 12.3. The summed E-state index contributed by atoms with van der Waals surface area (Å²) in [6.07, 6.45) is -1.22. The van der Waals surface area contributed by atoms with Crippen LogP contribution in [0.15, 0.2) is 18.2 Å². The van der Waals surface area contributed by atoms with Gasteiger partial charge in [0.2, 0.25) is 11.8 Å². The Morgan fingerprint density at radius 3 is 2.27 bits per heavy atom. The topological polar surface area (TPSA) is 96.4 Å². The molecule has 2 saturated heterocycles. The molecule has 0 saturated carbocycles. The van der Waals surface area contributed by atoms with Crippen LogP contribution in [-0.2, 0) is 9.59 Å². The summed E-state index contributed by atoms with van der Waals surface area (Å²) < 4.78 is 10.6. The van der Waals surface area contributed by atoms with E-state index in [1.54, 1.807) is 18.2 Å². The van der Waals surface area contributed by atoms with Crippen molar-refractivity contribution < 1.29 is 29.0 Å². The molecule has 8 nitrogen and oxygen atoms in total. The number of barbiturate groups is 1. The Morgan fingerprint density at radius 2 is 1.73 bits per heavy atom. The lowest BCUT2D eigenvalue weighted by Gasteiger charge is -2.43. The van der Waals surface area contributed by atoms with Crippen molar-refractivity contribution in [2.45, 2.75) is 11.4 Å². The molecule has 2 fully saturated rings.